The zero-order chi connectivity index (χ0) is 29.4. The molecular formula is C30H24ClN7O3S. The molecule has 4 N–H and O–H groups in total. The Kier molecular flexibility index (Phi) is 7.07. The molecule has 0 amide bonds. The van der Waals surface area contributed by atoms with E-state index >= 15 is 0 Å². The first kappa shape index (κ1) is 27.3. The van der Waals surface area contributed by atoms with Crippen LogP contribution in [0.4, 0.5) is 5.82 Å². The Hall–Kier alpha value is -4.84. The standard InChI is InChI=1S/C30H24ClN7O3S/c1-42(40,41)37-25(19-11-14-22(31)15-12-19)28-34-26-29(38(28)23-5-3-2-4-6-23)35-27(36-30(26)39)20-9-7-18(8-10-20)21-13-16-24(32)33-17-21/h2-17,25,37H,1H3,(H2,32,33)(H,35,36,39). The summed E-state index contributed by atoms with van der Waals surface area (Å²) in [6.07, 6.45) is 2.76. The van der Waals surface area contributed by atoms with E-state index < -0.39 is 21.6 Å². The highest BCUT2D eigenvalue weighted by Gasteiger charge is 2.28. The average molecular weight is 598 g/mol. The number of imidazole rings is 1. The third kappa shape index (κ3) is 5.53. The number of halogens is 1. The Labute approximate surface area is 245 Å². The van der Waals surface area contributed by atoms with E-state index in [-0.39, 0.29) is 17.0 Å². The van der Waals surface area contributed by atoms with Crippen LogP contribution in [0.15, 0.2) is 102 Å². The summed E-state index contributed by atoms with van der Waals surface area (Å²) in [5.41, 5.74) is 9.31. The lowest BCUT2D eigenvalue weighted by Gasteiger charge is -2.19. The first-order chi connectivity index (χ1) is 20.2. The van der Waals surface area contributed by atoms with Crippen LogP contribution in [-0.2, 0) is 10.0 Å². The van der Waals surface area contributed by atoms with Crippen molar-refractivity contribution in [3.63, 3.8) is 0 Å². The summed E-state index contributed by atoms with van der Waals surface area (Å²) in [6.45, 7) is 0. The molecule has 0 bridgehead atoms. The minimum Gasteiger partial charge on any atom is -0.384 e. The number of aromatic amines is 1. The number of hydrogen-bond donors (Lipinski definition) is 3. The van der Waals surface area contributed by atoms with Gasteiger partial charge >= 0.3 is 0 Å². The molecule has 0 aliphatic heterocycles. The van der Waals surface area contributed by atoms with Gasteiger partial charge in [0.05, 0.1) is 6.26 Å². The predicted molar refractivity (Wildman–Crippen MR) is 164 cm³/mol. The summed E-state index contributed by atoms with van der Waals surface area (Å²) in [5.74, 6) is 1.03. The van der Waals surface area contributed by atoms with Crippen molar-refractivity contribution in [3.05, 3.63) is 124 Å². The monoisotopic (exact) mass is 597 g/mol. The van der Waals surface area contributed by atoms with E-state index in [0.717, 1.165) is 17.4 Å². The fourth-order valence-electron chi connectivity index (χ4n) is 4.68. The fourth-order valence-corrected chi connectivity index (χ4v) is 5.48. The topological polar surface area (TPSA) is 149 Å². The molecule has 3 aromatic heterocycles. The van der Waals surface area contributed by atoms with Crippen LogP contribution in [-0.4, -0.2) is 39.2 Å². The zero-order valence-electron chi connectivity index (χ0n) is 22.2. The maximum atomic E-state index is 13.4. The number of rotatable bonds is 7. The Morgan fingerprint density at radius 3 is 2.19 bits per heavy atom. The second-order valence-corrected chi connectivity index (χ2v) is 11.9. The average Bonchev–Trinajstić information content (AvgIpc) is 3.37. The maximum absolute atomic E-state index is 13.4. The summed E-state index contributed by atoms with van der Waals surface area (Å²) < 4.78 is 29.4. The first-order valence-electron chi connectivity index (χ1n) is 12.8. The minimum absolute atomic E-state index is 0.0661. The first-order valence-corrected chi connectivity index (χ1v) is 15.1. The van der Waals surface area contributed by atoms with Gasteiger partial charge in [-0.15, -0.1) is 0 Å². The number of nitrogen functional groups attached to an aromatic ring is 1. The van der Waals surface area contributed by atoms with Gasteiger partial charge in [0, 0.05) is 28.0 Å². The quantitative estimate of drug-likeness (QED) is 0.241. The number of anilines is 1. The van der Waals surface area contributed by atoms with Crippen molar-refractivity contribution >= 4 is 38.6 Å². The Bertz CT molecular complexity index is 2060. The van der Waals surface area contributed by atoms with Gasteiger partial charge in [-0.05, 0) is 47.5 Å². The van der Waals surface area contributed by atoms with Gasteiger partial charge in [-0.3, -0.25) is 9.36 Å². The molecule has 0 aliphatic carbocycles. The number of nitrogens with two attached hydrogens (primary N) is 1. The van der Waals surface area contributed by atoms with Gasteiger partial charge in [-0.25, -0.2) is 28.1 Å². The van der Waals surface area contributed by atoms with E-state index in [1.54, 1.807) is 41.1 Å². The number of nitrogens with one attached hydrogen (secondary N) is 2. The molecule has 0 spiro atoms. The van der Waals surface area contributed by atoms with Gasteiger partial charge in [0.1, 0.15) is 23.5 Å². The SMILES string of the molecule is CS(=O)(=O)NC(c1ccc(Cl)cc1)c1nc2c(=O)[nH]c(-c3ccc(-c4ccc(N)nc4)cc3)nc2n1-c1ccccc1. The molecule has 1 unspecified atom stereocenters. The Balaban J connectivity index is 1.54. The predicted octanol–water partition coefficient (Wildman–Crippen LogP) is 4.71. The number of aromatic nitrogens is 5. The summed E-state index contributed by atoms with van der Waals surface area (Å²) in [5, 5.41) is 0.495. The van der Waals surface area contributed by atoms with E-state index in [2.05, 4.69) is 19.7 Å². The van der Waals surface area contributed by atoms with Crippen LogP contribution in [0, 0.1) is 0 Å². The molecule has 6 rings (SSSR count). The van der Waals surface area contributed by atoms with Crippen LogP contribution in [0.5, 0.6) is 0 Å². The highest BCUT2D eigenvalue weighted by atomic mass is 35.5. The van der Waals surface area contributed by atoms with E-state index in [4.69, 9.17) is 22.3 Å². The number of nitrogens with zero attached hydrogens (tertiary/aromatic N) is 4. The van der Waals surface area contributed by atoms with Gasteiger partial charge in [-0.1, -0.05) is 66.2 Å². The fraction of sp³-hybridized carbons (Fsp3) is 0.0667. The highest BCUT2D eigenvalue weighted by molar-refractivity contribution is 7.88. The summed E-state index contributed by atoms with van der Waals surface area (Å²) >= 11 is 6.11. The highest BCUT2D eigenvalue weighted by Crippen LogP contribution is 2.30. The molecule has 1 atom stereocenters. The van der Waals surface area contributed by atoms with Crippen LogP contribution in [0.25, 0.3) is 39.4 Å². The number of pyridine rings is 1. The van der Waals surface area contributed by atoms with Crippen molar-refractivity contribution in [2.75, 3.05) is 12.0 Å². The molecule has 12 heteroatoms. The number of sulfonamides is 1. The van der Waals surface area contributed by atoms with Crippen LogP contribution in [0.1, 0.15) is 17.4 Å². The lowest BCUT2D eigenvalue weighted by Crippen LogP contribution is -2.30. The molecule has 210 valence electrons. The van der Waals surface area contributed by atoms with Crippen molar-refractivity contribution in [2.45, 2.75) is 6.04 Å². The maximum Gasteiger partial charge on any atom is 0.279 e. The summed E-state index contributed by atoms with van der Waals surface area (Å²) in [6, 6.07) is 26.1. The third-order valence-corrected chi connectivity index (χ3v) is 7.55. The molecular weight excluding hydrogens is 574 g/mol. The zero-order valence-corrected chi connectivity index (χ0v) is 23.8. The third-order valence-electron chi connectivity index (χ3n) is 6.63. The minimum atomic E-state index is -3.71. The van der Waals surface area contributed by atoms with Gasteiger partial charge in [0.15, 0.2) is 11.2 Å². The second-order valence-electron chi connectivity index (χ2n) is 9.65. The molecule has 0 fully saturated rings. The molecule has 0 saturated carbocycles. The van der Waals surface area contributed by atoms with E-state index in [9.17, 15) is 13.2 Å². The molecule has 0 radical (unpaired) electrons. The number of para-hydroxylation sites is 1. The van der Waals surface area contributed by atoms with Crippen molar-refractivity contribution < 1.29 is 8.42 Å². The van der Waals surface area contributed by atoms with E-state index in [0.29, 0.717) is 33.5 Å². The summed E-state index contributed by atoms with van der Waals surface area (Å²) in [4.78, 5) is 29.9. The van der Waals surface area contributed by atoms with E-state index in [1.165, 1.54) is 0 Å². The number of hydrogen-bond acceptors (Lipinski definition) is 7. The van der Waals surface area contributed by atoms with Crippen molar-refractivity contribution in [2.24, 2.45) is 0 Å². The molecule has 3 heterocycles. The lowest BCUT2D eigenvalue weighted by atomic mass is 10.1. The van der Waals surface area contributed by atoms with Gasteiger partial charge < -0.3 is 10.7 Å². The van der Waals surface area contributed by atoms with Crippen LogP contribution < -0.4 is 16.0 Å². The molecule has 0 aliphatic rings. The van der Waals surface area contributed by atoms with Crippen molar-refractivity contribution in [3.8, 4) is 28.2 Å². The second kappa shape index (κ2) is 10.9. The summed E-state index contributed by atoms with van der Waals surface area (Å²) in [7, 11) is -3.71. The smallest absolute Gasteiger partial charge is 0.279 e. The molecule has 3 aromatic carbocycles. The lowest BCUT2D eigenvalue weighted by molar-refractivity contribution is 0.572. The molecule has 10 nitrogen and oxygen atoms in total. The van der Waals surface area contributed by atoms with Crippen LogP contribution in [0.2, 0.25) is 5.02 Å². The molecule has 0 saturated heterocycles. The Morgan fingerprint density at radius 1 is 0.881 bits per heavy atom. The number of fused-ring (bicyclic) bond motifs is 1. The van der Waals surface area contributed by atoms with Gasteiger partial charge in [-0.2, -0.15) is 0 Å². The number of H-pyrrole nitrogens is 1. The van der Waals surface area contributed by atoms with Gasteiger partial charge in [0.25, 0.3) is 5.56 Å². The van der Waals surface area contributed by atoms with Gasteiger partial charge in [0.2, 0.25) is 10.0 Å². The molecule has 6 aromatic rings. The van der Waals surface area contributed by atoms with Crippen molar-refractivity contribution in [1.82, 2.24) is 29.2 Å². The Morgan fingerprint density at radius 2 is 1.55 bits per heavy atom. The largest absolute Gasteiger partial charge is 0.384 e. The number of benzene rings is 3. The van der Waals surface area contributed by atoms with E-state index in [1.807, 2.05) is 60.7 Å². The normalized spacial score (nSPS) is 12.4. The van der Waals surface area contributed by atoms with Crippen molar-refractivity contribution in [1.29, 1.82) is 0 Å². The van der Waals surface area contributed by atoms with Crippen LogP contribution >= 0.6 is 11.6 Å². The van der Waals surface area contributed by atoms with Crippen LogP contribution in [0.3, 0.4) is 0 Å². The molecule has 42 heavy (non-hydrogen) atoms.